The van der Waals surface area contributed by atoms with Crippen LogP contribution in [0.15, 0.2) is 52.5 Å². The fourth-order valence-electron chi connectivity index (χ4n) is 4.06. The van der Waals surface area contributed by atoms with E-state index in [-0.39, 0.29) is 11.3 Å². The zero-order valence-electron chi connectivity index (χ0n) is 20.5. The third kappa shape index (κ3) is 5.88. The molecule has 182 valence electrons. The minimum absolute atomic E-state index is 0.114. The molecule has 0 bridgehead atoms. The van der Waals surface area contributed by atoms with Gasteiger partial charge in [-0.3, -0.25) is 9.59 Å². The summed E-state index contributed by atoms with van der Waals surface area (Å²) in [5, 5.41) is 11.3. The lowest BCUT2D eigenvalue weighted by Crippen LogP contribution is -2.32. The minimum Gasteiger partial charge on any atom is -0.507 e. The van der Waals surface area contributed by atoms with Crippen molar-refractivity contribution < 1.29 is 19.4 Å². The molecule has 2 aromatic carbocycles. The van der Waals surface area contributed by atoms with Crippen LogP contribution < -0.4 is 4.74 Å². The molecule has 1 saturated heterocycles. The second-order valence-electron chi connectivity index (χ2n) is 9.39. The zero-order valence-corrected chi connectivity index (χ0v) is 22.1. The lowest BCUT2D eigenvalue weighted by atomic mass is 9.94. The smallest absolute Gasteiger partial charge is 0.295 e. The molecule has 1 heterocycles. The Balaban J connectivity index is 2.04. The van der Waals surface area contributed by atoms with Crippen LogP contribution in [-0.2, 0) is 9.59 Å². The molecule has 1 aliphatic rings. The first-order valence-corrected chi connectivity index (χ1v) is 12.3. The number of rotatable bonds is 9. The van der Waals surface area contributed by atoms with Gasteiger partial charge in [0, 0.05) is 16.6 Å². The summed E-state index contributed by atoms with van der Waals surface area (Å²) in [5.41, 5.74) is 2.22. The molecule has 0 aromatic heterocycles. The van der Waals surface area contributed by atoms with E-state index < -0.39 is 17.7 Å². The first kappa shape index (κ1) is 26.0. The van der Waals surface area contributed by atoms with Crippen LogP contribution in [0.4, 0.5) is 0 Å². The van der Waals surface area contributed by atoms with Crippen LogP contribution in [0.25, 0.3) is 5.76 Å². The normalized spacial score (nSPS) is 17.8. The van der Waals surface area contributed by atoms with E-state index in [1.54, 1.807) is 23.1 Å². The number of carbonyl (C=O) groups excluding carboxylic acids is 2. The Bertz CT molecular complexity index is 1090. The van der Waals surface area contributed by atoms with Gasteiger partial charge in [0.1, 0.15) is 11.5 Å². The SMILES string of the molecule is Cc1cc(C(O)=C2C(=O)C(=O)N(CCCN(C)C)[C@H]2c2cccc(Br)c2)ccc1OCC(C)C. The van der Waals surface area contributed by atoms with E-state index in [0.29, 0.717) is 31.1 Å². The van der Waals surface area contributed by atoms with Gasteiger partial charge in [-0.1, -0.05) is 41.9 Å². The number of aliphatic hydroxyl groups is 1. The van der Waals surface area contributed by atoms with E-state index in [1.807, 2.05) is 50.2 Å². The van der Waals surface area contributed by atoms with Gasteiger partial charge in [0.25, 0.3) is 11.7 Å². The number of Topliss-reactive ketones (excluding diaryl/α,β-unsaturated/α-hetero) is 1. The van der Waals surface area contributed by atoms with Crippen molar-refractivity contribution in [1.82, 2.24) is 9.80 Å². The van der Waals surface area contributed by atoms with Crippen molar-refractivity contribution in [3.8, 4) is 5.75 Å². The largest absolute Gasteiger partial charge is 0.507 e. The number of amides is 1. The van der Waals surface area contributed by atoms with Crippen molar-refractivity contribution in [3.63, 3.8) is 0 Å². The number of halogens is 1. The van der Waals surface area contributed by atoms with Gasteiger partial charge in [0.05, 0.1) is 18.2 Å². The molecule has 7 heteroatoms. The molecule has 0 spiro atoms. The summed E-state index contributed by atoms with van der Waals surface area (Å²) >= 11 is 3.49. The number of aryl methyl sites for hydroxylation is 1. The number of benzene rings is 2. The standard InChI is InChI=1S/C27H33BrN2O4/c1-17(2)16-34-22-11-10-20(14-18(22)3)25(31)23-24(19-8-6-9-21(28)15-19)30(27(33)26(23)32)13-7-12-29(4)5/h6,8-11,14-15,17,24,31H,7,12-13,16H2,1-5H3/t24-/m0/s1. The predicted octanol–water partition coefficient (Wildman–Crippen LogP) is 5.17. The highest BCUT2D eigenvalue weighted by atomic mass is 79.9. The Kier molecular flexibility index (Phi) is 8.55. The van der Waals surface area contributed by atoms with Crippen LogP contribution in [0, 0.1) is 12.8 Å². The second kappa shape index (κ2) is 11.2. The van der Waals surface area contributed by atoms with Gasteiger partial charge in [-0.15, -0.1) is 0 Å². The van der Waals surface area contributed by atoms with Crippen molar-refractivity contribution in [3.05, 3.63) is 69.2 Å². The van der Waals surface area contributed by atoms with Crippen LogP contribution >= 0.6 is 15.9 Å². The van der Waals surface area contributed by atoms with Crippen molar-refractivity contribution in [2.75, 3.05) is 33.8 Å². The number of carbonyl (C=O) groups is 2. The molecule has 1 amide bonds. The third-order valence-electron chi connectivity index (χ3n) is 5.73. The average molecular weight is 529 g/mol. The Labute approximate surface area is 210 Å². The molecular formula is C27H33BrN2O4. The average Bonchev–Trinajstić information content (AvgIpc) is 3.02. The Morgan fingerprint density at radius 2 is 1.91 bits per heavy atom. The van der Waals surface area contributed by atoms with Crippen molar-refractivity contribution in [1.29, 1.82) is 0 Å². The van der Waals surface area contributed by atoms with Gasteiger partial charge in [-0.25, -0.2) is 0 Å². The predicted molar refractivity (Wildman–Crippen MR) is 138 cm³/mol. The molecule has 2 aromatic rings. The highest BCUT2D eigenvalue weighted by molar-refractivity contribution is 9.10. The van der Waals surface area contributed by atoms with E-state index in [4.69, 9.17) is 4.74 Å². The van der Waals surface area contributed by atoms with E-state index in [1.165, 1.54) is 0 Å². The quantitative estimate of drug-likeness (QED) is 0.276. The van der Waals surface area contributed by atoms with Gasteiger partial charge in [-0.2, -0.15) is 0 Å². The molecule has 6 nitrogen and oxygen atoms in total. The Hall–Kier alpha value is -2.64. The second-order valence-corrected chi connectivity index (χ2v) is 10.3. The van der Waals surface area contributed by atoms with Crippen LogP contribution in [0.5, 0.6) is 5.75 Å². The summed E-state index contributed by atoms with van der Waals surface area (Å²) in [4.78, 5) is 29.8. The first-order chi connectivity index (χ1) is 16.1. The number of aliphatic hydroxyl groups excluding tert-OH is 1. The highest BCUT2D eigenvalue weighted by Gasteiger charge is 2.45. The topological polar surface area (TPSA) is 70.1 Å². The van der Waals surface area contributed by atoms with Crippen LogP contribution in [0.1, 0.15) is 43.0 Å². The van der Waals surface area contributed by atoms with E-state index in [0.717, 1.165) is 27.9 Å². The molecule has 0 saturated carbocycles. The van der Waals surface area contributed by atoms with E-state index >= 15 is 0 Å². The summed E-state index contributed by atoms with van der Waals surface area (Å²) < 4.78 is 6.68. The lowest BCUT2D eigenvalue weighted by molar-refractivity contribution is -0.139. The number of likely N-dealkylation sites (tertiary alicyclic amines) is 1. The van der Waals surface area contributed by atoms with Crippen molar-refractivity contribution in [2.45, 2.75) is 33.2 Å². The highest BCUT2D eigenvalue weighted by Crippen LogP contribution is 2.40. The van der Waals surface area contributed by atoms with Crippen LogP contribution in [0.3, 0.4) is 0 Å². The summed E-state index contributed by atoms with van der Waals surface area (Å²) in [6.07, 6.45) is 0.714. The minimum atomic E-state index is -0.662. The van der Waals surface area contributed by atoms with Gasteiger partial charge in [0.2, 0.25) is 0 Å². The molecule has 1 N–H and O–H groups in total. The maximum absolute atomic E-state index is 13.2. The lowest BCUT2D eigenvalue weighted by Gasteiger charge is -2.26. The number of hydrogen-bond acceptors (Lipinski definition) is 5. The van der Waals surface area contributed by atoms with Gasteiger partial charge < -0.3 is 19.6 Å². The molecule has 1 fully saturated rings. The molecule has 34 heavy (non-hydrogen) atoms. The van der Waals surface area contributed by atoms with Gasteiger partial charge >= 0.3 is 0 Å². The Morgan fingerprint density at radius 1 is 1.18 bits per heavy atom. The molecule has 0 radical (unpaired) electrons. The molecular weight excluding hydrogens is 496 g/mol. The fraction of sp³-hybridized carbons (Fsp3) is 0.407. The van der Waals surface area contributed by atoms with Gasteiger partial charge in [-0.05, 0) is 81.4 Å². The zero-order chi connectivity index (χ0) is 25.0. The summed E-state index contributed by atoms with van der Waals surface area (Å²) in [7, 11) is 3.94. The monoisotopic (exact) mass is 528 g/mol. The van der Waals surface area contributed by atoms with Crippen molar-refractivity contribution in [2.24, 2.45) is 5.92 Å². The van der Waals surface area contributed by atoms with Crippen molar-refractivity contribution >= 4 is 33.4 Å². The number of nitrogens with zero attached hydrogens (tertiary/aromatic N) is 2. The van der Waals surface area contributed by atoms with E-state index in [9.17, 15) is 14.7 Å². The van der Waals surface area contributed by atoms with Crippen LogP contribution in [0.2, 0.25) is 0 Å². The summed E-state index contributed by atoms with van der Waals surface area (Å²) in [6, 6.07) is 12.2. The van der Waals surface area contributed by atoms with Crippen LogP contribution in [-0.4, -0.2) is 60.4 Å². The number of hydrogen-bond donors (Lipinski definition) is 1. The molecule has 1 atom stereocenters. The first-order valence-electron chi connectivity index (χ1n) is 11.5. The maximum atomic E-state index is 13.2. The third-order valence-corrected chi connectivity index (χ3v) is 6.22. The molecule has 1 aliphatic heterocycles. The fourth-order valence-corrected chi connectivity index (χ4v) is 4.48. The number of ether oxygens (including phenoxy) is 1. The van der Waals surface area contributed by atoms with E-state index in [2.05, 4.69) is 29.8 Å². The number of ketones is 1. The Morgan fingerprint density at radius 3 is 2.53 bits per heavy atom. The molecule has 3 rings (SSSR count). The summed E-state index contributed by atoms with van der Waals surface area (Å²) in [5.74, 6) is -0.292. The molecule has 0 unspecified atom stereocenters. The molecule has 0 aliphatic carbocycles. The maximum Gasteiger partial charge on any atom is 0.295 e. The summed E-state index contributed by atoms with van der Waals surface area (Å²) in [6.45, 7) is 7.85. The van der Waals surface area contributed by atoms with Gasteiger partial charge in [0.15, 0.2) is 0 Å².